The van der Waals surface area contributed by atoms with Crippen molar-refractivity contribution >= 4 is 56.8 Å². The number of alkyl halides is 1. The number of likely N-dealkylation sites (tertiary alicyclic amines) is 1. The number of para-hydroxylation sites is 1. The third-order valence-corrected chi connectivity index (χ3v) is 11.4. The van der Waals surface area contributed by atoms with Crippen LogP contribution in [-0.4, -0.2) is 67.8 Å². The van der Waals surface area contributed by atoms with Crippen LogP contribution in [0.1, 0.15) is 31.4 Å². The molecule has 3 fully saturated rings. The number of aliphatic hydroxyl groups is 1. The summed E-state index contributed by atoms with van der Waals surface area (Å²) in [6.45, 7) is 7.78. The van der Waals surface area contributed by atoms with Gasteiger partial charge in [0.1, 0.15) is 11.8 Å². The summed E-state index contributed by atoms with van der Waals surface area (Å²) in [6, 6.07) is 11.6. The highest BCUT2D eigenvalue weighted by Gasteiger charge is 2.76. The molecule has 0 radical (unpaired) electrons. The van der Waals surface area contributed by atoms with E-state index in [4.69, 9.17) is 4.74 Å². The highest BCUT2D eigenvalue weighted by molar-refractivity contribution is 9.09. The second-order valence-corrected chi connectivity index (χ2v) is 13.4. The molecule has 39 heavy (non-hydrogen) atoms. The Balaban J connectivity index is 1.48. The summed E-state index contributed by atoms with van der Waals surface area (Å²) >= 11 is 5.35. The number of anilines is 2. The molecule has 3 heterocycles. The minimum absolute atomic E-state index is 0.0393. The Hall–Kier alpha value is -2.56. The van der Waals surface area contributed by atoms with E-state index in [-0.39, 0.29) is 34.4 Å². The normalized spacial score (nSPS) is 29.7. The number of aliphatic hydroxyl groups excluding tert-OH is 1. The first kappa shape index (κ1) is 28.0. The van der Waals surface area contributed by atoms with E-state index in [1.54, 1.807) is 43.0 Å². The first-order chi connectivity index (χ1) is 18.6. The van der Waals surface area contributed by atoms with Crippen LogP contribution in [0.4, 0.5) is 11.4 Å². The van der Waals surface area contributed by atoms with E-state index in [9.17, 15) is 19.5 Å². The molecule has 7 atom stereocenters. The molecular weight excluding hydrogens is 582 g/mol. The molecule has 10 heteroatoms. The number of nitrogens with zero attached hydrogens (tertiary/aromatic N) is 1. The number of thioether (sulfide) groups is 1. The van der Waals surface area contributed by atoms with Gasteiger partial charge in [0, 0.05) is 21.5 Å². The van der Waals surface area contributed by atoms with E-state index in [2.05, 4.69) is 26.6 Å². The molecule has 0 saturated carbocycles. The van der Waals surface area contributed by atoms with Gasteiger partial charge in [0.25, 0.3) is 0 Å². The van der Waals surface area contributed by atoms with Crippen molar-refractivity contribution in [1.29, 1.82) is 0 Å². The fourth-order valence-corrected chi connectivity index (χ4v) is 10.1. The van der Waals surface area contributed by atoms with Gasteiger partial charge in [-0.05, 0) is 69.5 Å². The molecule has 5 rings (SSSR count). The fraction of sp³-hybridized carbons (Fsp3) is 0.483. The third-order valence-electron chi connectivity index (χ3n) is 8.18. The Morgan fingerprint density at radius 2 is 1.82 bits per heavy atom. The largest absolute Gasteiger partial charge is 0.494 e. The van der Waals surface area contributed by atoms with Gasteiger partial charge in [-0.3, -0.25) is 14.4 Å². The smallest absolute Gasteiger partial charge is 0.248 e. The molecular formula is C29H34BrN3O5S. The maximum Gasteiger partial charge on any atom is 0.248 e. The van der Waals surface area contributed by atoms with E-state index < -0.39 is 28.7 Å². The molecule has 3 aliphatic rings. The van der Waals surface area contributed by atoms with Gasteiger partial charge in [0.2, 0.25) is 17.7 Å². The number of ether oxygens (including phenoxy) is 1. The number of hydrogen-bond donors (Lipinski definition) is 3. The number of aryl methyl sites for hydroxylation is 2. The lowest BCUT2D eigenvalue weighted by Crippen LogP contribution is -2.54. The molecule has 2 aromatic carbocycles. The van der Waals surface area contributed by atoms with Crippen molar-refractivity contribution in [3.05, 3.63) is 53.6 Å². The van der Waals surface area contributed by atoms with Crippen LogP contribution in [-0.2, 0) is 14.4 Å². The van der Waals surface area contributed by atoms with Gasteiger partial charge < -0.3 is 25.4 Å². The Morgan fingerprint density at radius 3 is 2.44 bits per heavy atom. The van der Waals surface area contributed by atoms with Crippen LogP contribution in [0.25, 0.3) is 0 Å². The Bertz CT molecular complexity index is 1270. The zero-order valence-electron chi connectivity index (χ0n) is 22.4. The number of amides is 3. The summed E-state index contributed by atoms with van der Waals surface area (Å²) in [5.41, 5.74) is 3.20. The second kappa shape index (κ2) is 10.8. The number of rotatable bonds is 8. The summed E-state index contributed by atoms with van der Waals surface area (Å²) in [5.74, 6) is -1.37. The van der Waals surface area contributed by atoms with Gasteiger partial charge in [-0.2, -0.15) is 0 Å². The molecule has 2 bridgehead atoms. The van der Waals surface area contributed by atoms with E-state index in [0.29, 0.717) is 24.5 Å². The summed E-state index contributed by atoms with van der Waals surface area (Å²) in [4.78, 5) is 43.4. The Morgan fingerprint density at radius 1 is 1.15 bits per heavy atom. The number of carbonyl (C=O) groups excluding carboxylic acids is 3. The van der Waals surface area contributed by atoms with Crippen molar-refractivity contribution in [2.24, 2.45) is 11.8 Å². The monoisotopic (exact) mass is 615 g/mol. The van der Waals surface area contributed by atoms with Crippen molar-refractivity contribution < 1.29 is 24.2 Å². The van der Waals surface area contributed by atoms with Crippen LogP contribution in [0.3, 0.4) is 0 Å². The Kier molecular flexibility index (Phi) is 7.74. The zero-order chi connectivity index (χ0) is 28.1. The maximum atomic E-state index is 14.1. The molecule has 3 N–H and O–H groups in total. The van der Waals surface area contributed by atoms with E-state index in [1.165, 1.54) is 4.90 Å². The van der Waals surface area contributed by atoms with Crippen molar-refractivity contribution in [3.63, 3.8) is 0 Å². The predicted molar refractivity (Wildman–Crippen MR) is 156 cm³/mol. The average molecular weight is 617 g/mol. The molecule has 1 spiro atoms. The van der Waals surface area contributed by atoms with Crippen LogP contribution in [0.5, 0.6) is 5.75 Å². The van der Waals surface area contributed by atoms with E-state index >= 15 is 0 Å². The summed E-state index contributed by atoms with van der Waals surface area (Å²) in [5, 5.41) is 16.0. The molecule has 3 amide bonds. The van der Waals surface area contributed by atoms with Crippen LogP contribution >= 0.6 is 27.7 Å². The van der Waals surface area contributed by atoms with Gasteiger partial charge in [-0.15, -0.1) is 11.8 Å². The molecule has 0 aliphatic carbocycles. The molecule has 2 aromatic rings. The fourth-order valence-electron chi connectivity index (χ4n) is 6.46. The van der Waals surface area contributed by atoms with Crippen molar-refractivity contribution in [1.82, 2.24) is 4.90 Å². The zero-order valence-corrected chi connectivity index (χ0v) is 24.8. The molecule has 0 aromatic heterocycles. The van der Waals surface area contributed by atoms with Crippen molar-refractivity contribution in [2.75, 3.05) is 23.8 Å². The summed E-state index contributed by atoms with van der Waals surface area (Å²) < 4.78 is 4.70. The molecule has 3 saturated heterocycles. The third kappa shape index (κ3) is 4.64. The van der Waals surface area contributed by atoms with Crippen molar-refractivity contribution in [2.45, 2.75) is 61.0 Å². The maximum absolute atomic E-state index is 14.1. The lowest BCUT2D eigenvalue weighted by molar-refractivity contribution is -0.140. The van der Waals surface area contributed by atoms with Gasteiger partial charge in [0.15, 0.2) is 0 Å². The highest BCUT2D eigenvalue weighted by Crippen LogP contribution is 2.68. The summed E-state index contributed by atoms with van der Waals surface area (Å²) in [7, 11) is 0. The SMILES string of the molecule is CCOc1ccc(NC(=O)[C@H]2[C@@H]3SC4(CC3Br)C(C(=O)Nc3c(C)cccc3C)N([C@H](C)CO)C(=O)[C@H]24)cc1. The number of halogens is 1. The number of fused-ring (bicyclic) bond motifs is 1. The van der Waals surface area contributed by atoms with Crippen LogP contribution in [0.2, 0.25) is 0 Å². The topological polar surface area (TPSA) is 108 Å². The number of benzene rings is 2. The van der Waals surface area contributed by atoms with Gasteiger partial charge in [-0.25, -0.2) is 0 Å². The lowest BCUT2D eigenvalue weighted by Gasteiger charge is -2.36. The lowest BCUT2D eigenvalue weighted by atomic mass is 9.70. The van der Waals surface area contributed by atoms with Gasteiger partial charge in [0.05, 0.1) is 35.8 Å². The quantitative estimate of drug-likeness (QED) is 0.386. The van der Waals surface area contributed by atoms with E-state index in [0.717, 1.165) is 16.8 Å². The molecule has 3 aliphatic heterocycles. The average Bonchev–Trinajstić information content (AvgIpc) is 3.50. The first-order valence-corrected chi connectivity index (χ1v) is 15.1. The second-order valence-electron chi connectivity index (χ2n) is 10.6. The predicted octanol–water partition coefficient (Wildman–Crippen LogP) is 4.12. The molecule has 8 nitrogen and oxygen atoms in total. The molecule has 208 valence electrons. The van der Waals surface area contributed by atoms with Crippen molar-refractivity contribution in [3.8, 4) is 5.75 Å². The summed E-state index contributed by atoms with van der Waals surface area (Å²) in [6.07, 6.45) is 0.574. The highest BCUT2D eigenvalue weighted by atomic mass is 79.9. The minimum atomic E-state index is -0.825. The standard InChI is InChI=1S/C29H34BrN3O5S/c1-5-38-19-11-9-18(10-12-19)31-26(35)21-22-28(37)33(17(4)14-34)25(29(22)13-20(30)24(21)39-29)27(36)32-23-15(2)7-6-8-16(23)3/h6-12,17,20-22,24-25,34H,5,13-14H2,1-4H3,(H,31,35)(H,32,36)/t17-,20?,21-,22+,24-,25?,29?/m1/s1. The van der Waals surface area contributed by atoms with Gasteiger partial charge >= 0.3 is 0 Å². The Labute approximate surface area is 241 Å². The number of hydrogen-bond acceptors (Lipinski definition) is 6. The molecule has 3 unspecified atom stereocenters. The van der Waals surface area contributed by atoms with Crippen LogP contribution < -0.4 is 15.4 Å². The minimum Gasteiger partial charge on any atom is -0.494 e. The number of nitrogens with one attached hydrogen (secondary N) is 2. The first-order valence-electron chi connectivity index (χ1n) is 13.3. The van der Waals surface area contributed by atoms with Crippen LogP contribution in [0, 0.1) is 25.7 Å². The van der Waals surface area contributed by atoms with Crippen LogP contribution in [0.15, 0.2) is 42.5 Å². The van der Waals surface area contributed by atoms with E-state index in [1.807, 2.05) is 39.0 Å². The van der Waals surface area contributed by atoms with Gasteiger partial charge in [-0.1, -0.05) is 34.1 Å². The number of carbonyl (C=O) groups is 3.